The molecule has 3 rings (SSSR count). The molecule has 0 aliphatic rings. The lowest BCUT2D eigenvalue weighted by Crippen LogP contribution is -2.26. The number of benzene rings is 1. The highest BCUT2D eigenvalue weighted by atomic mass is 35.5. The van der Waals surface area contributed by atoms with Crippen molar-refractivity contribution in [3.8, 4) is 0 Å². The van der Waals surface area contributed by atoms with Crippen LogP contribution in [0.2, 0.25) is 5.02 Å². The standard InChI is InChI=1S/C19H18ClFN2O3/c1-3-7-23-8-6-15-17(19(23)25)16(11(2)26-15)18(24)22-10-12-4-5-13(21)9-14(12)20/h4-6,8-9H,3,7,10H2,1-2H3,(H,22,24). The van der Waals surface area contributed by atoms with Crippen molar-refractivity contribution in [3.63, 3.8) is 0 Å². The van der Waals surface area contributed by atoms with Crippen molar-refractivity contribution in [2.75, 3.05) is 0 Å². The number of nitrogens with zero attached hydrogens (tertiary/aromatic N) is 1. The topological polar surface area (TPSA) is 64.2 Å². The van der Waals surface area contributed by atoms with Crippen molar-refractivity contribution in [2.24, 2.45) is 0 Å². The van der Waals surface area contributed by atoms with Crippen LogP contribution in [0.1, 0.15) is 35.0 Å². The molecule has 1 N–H and O–H groups in total. The van der Waals surface area contributed by atoms with E-state index in [4.69, 9.17) is 16.0 Å². The first-order valence-electron chi connectivity index (χ1n) is 8.27. The predicted octanol–water partition coefficient (Wildman–Crippen LogP) is 4.04. The van der Waals surface area contributed by atoms with Gasteiger partial charge in [0.25, 0.3) is 11.5 Å². The summed E-state index contributed by atoms with van der Waals surface area (Å²) in [7, 11) is 0. The summed E-state index contributed by atoms with van der Waals surface area (Å²) in [6.45, 7) is 4.28. The van der Waals surface area contributed by atoms with Gasteiger partial charge in [-0.25, -0.2) is 4.39 Å². The molecule has 0 bridgehead atoms. The number of nitrogens with one attached hydrogen (secondary N) is 1. The lowest BCUT2D eigenvalue weighted by atomic mass is 10.1. The number of aromatic nitrogens is 1. The van der Waals surface area contributed by atoms with Gasteiger partial charge in [0.05, 0.1) is 10.9 Å². The highest BCUT2D eigenvalue weighted by Crippen LogP contribution is 2.23. The third-order valence-electron chi connectivity index (χ3n) is 4.14. The van der Waals surface area contributed by atoms with Crippen LogP contribution in [0, 0.1) is 12.7 Å². The largest absolute Gasteiger partial charge is 0.460 e. The number of aryl methyl sites for hydroxylation is 2. The minimum atomic E-state index is -0.446. The molecular formula is C19H18ClFN2O3. The summed E-state index contributed by atoms with van der Waals surface area (Å²) in [5.74, 6) is -0.514. The molecule has 0 spiro atoms. The van der Waals surface area contributed by atoms with Gasteiger partial charge >= 0.3 is 0 Å². The quantitative estimate of drug-likeness (QED) is 0.731. The maximum absolute atomic E-state index is 13.1. The number of pyridine rings is 1. The van der Waals surface area contributed by atoms with Crippen LogP contribution in [0.25, 0.3) is 11.0 Å². The van der Waals surface area contributed by atoms with Crippen LogP contribution in [0.3, 0.4) is 0 Å². The Hall–Kier alpha value is -2.60. The molecule has 3 aromatic rings. The van der Waals surface area contributed by atoms with Gasteiger partial charge in [0.15, 0.2) is 0 Å². The van der Waals surface area contributed by atoms with Crippen molar-refractivity contribution in [1.29, 1.82) is 0 Å². The molecule has 0 aliphatic heterocycles. The number of furan rings is 1. The van der Waals surface area contributed by atoms with Gasteiger partial charge in [0, 0.05) is 24.3 Å². The summed E-state index contributed by atoms with van der Waals surface area (Å²) >= 11 is 5.98. The molecule has 2 heterocycles. The summed E-state index contributed by atoms with van der Waals surface area (Å²) in [5, 5.41) is 3.21. The molecule has 2 aromatic heterocycles. The first kappa shape index (κ1) is 18.2. The third kappa shape index (κ3) is 3.37. The van der Waals surface area contributed by atoms with Gasteiger partial charge in [-0.05, 0) is 37.1 Å². The summed E-state index contributed by atoms with van der Waals surface area (Å²) in [4.78, 5) is 25.4. The highest BCUT2D eigenvalue weighted by molar-refractivity contribution is 6.31. The van der Waals surface area contributed by atoms with Gasteiger partial charge < -0.3 is 14.3 Å². The van der Waals surface area contributed by atoms with Crippen LogP contribution in [-0.4, -0.2) is 10.5 Å². The summed E-state index contributed by atoms with van der Waals surface area (Å²) < 4.78 is 20.3. The van der Waals surface area contributed by atoms with Crippen molar-refractivity contribution >= 4 is 28.5 Å². The Morgan fingerprint density at radius 1 is 1.35 bits per heavy atom. The Morgan fingerprint density at radius 3 is 2.81 bits per heavy atom. The van der Waals surface area contributed by atoms with Crippen LogP contribution in [-0.2, 0) is 13.1 Å². The molecule has 0 saturated carbocycles. The Morgan fingerprint density at radius 2 is 2.12 bits per heavy atom. The molecule has 1 amide bonds. The molecule has 136 valence electrons. The van der Waals surface area contributed by atoms with E-state index < -0.39 is 11.7 Å². The Kier molecular flexibility index (Phi) is 5.13. The fraction of sp³-hybridized carbons (Fsp3) is 0.263. The smallest absolute Gasteiger partial charge is 0.262 e. The zero-order valence-electron chi connectivity index (χ0n) is 14.4. The van der Waals surface area contributed by atoms with Crippen LogP contribution < -0.4 is 10.9 Å². The summed E-state index contributed by atoms with van der Waals surface area (Å²) in [5.41, 5.74) is 0.917. The van der Waals surface area contributed by atoms with E-state index in [2.05, 4.69) is 5.32 Å². The van der Waals surface area contributed by atoms with E-state index in [0.29, 0.717) is 23.5 Å². The van der Waals surface area contributed by atoms with Crippen LogP contribution in [0.4, 0.5) is 4.39 Å². The predicted molar refractivity (Wildman–Crippen MR) is 98.1 cm³/mol. The normalized spacial score (nSPS) is 11.1. The first-order valence-corrected chi connectivity index (χ1v) is 8.64. The van der Waals surface area contributed by atoms with E-state index in [9.17, 15) is 14.0 Å². The van der Waals surface area contributed by atoms with Crippen molar-refractivity contribution in [2.45, 2.75) is 33.4 Å². The highest BCUT2D eigenvalue weighted by Gasteiger charge is 2.21. The molecule has 1 aromatic carbocycles. The molecule has 0 unspecified atom stereocenters. The number of hydrogen-bond donors (Lipinski definition) is 1. The van der Waals surface area contributed by atoms with E-state index in [-0.39, 0.29) is 28.1 Å². The van der Waals surface area contributed by atoms with Crippen LogP contribution in [0.15, 0.2) is 39.7 Å². The number of carbonyl (C=O) groups excluding carboxylic acids is 1. The SMILES string of the molecule is CCCn1ccc2oc(C)c(C(=O)NCc3ccc(F)cc3Cl)c2c1=O. The second-order valence-electron chi connectivity index (χ2n) is 6.01. The maximum atomic E-state index is 13.1. The van der Waals surface area contributed by atoms with Crippen molar-refractivity contribution in [3.05, 3.63) is 68.5 Å². The number of hydrogen-bond acceptors (Lipinski definition) is 3. The van der Waals surface area contributed by atoms with E-state index in [1.54, 1.807) is 23.8 Å². The molecule has 0 fully saturated rings. The molecular weight excluding hydrogens is 359 g/mol. The molecule has 26 heavy (non-hydrogen) atoms. The van der Waals surface area contributed by atoms with E-state index in [1.807, 2.05) is 6.92 Å². The third-order valence-corrected chi connectivity index (χ3v) is 4.49. The lowest BCUT2D eigenvalue weighted by Gasteiger charge is -2.07. The minimum Gasteiger partial charge on any atom is -0.460 e. The molecule has 0 atom stereocenters. The van der Waals surface area contributed by atoms with Gasteiger partial charge in [0.2, 0.25) is 0 Å². The lowest BCUT2D eigenvalue weighted by molar-refractivity contribution is 0.0951. The Labute approximate surface area is 154 Å². The van der Waals surface area contributed by atoms with Gasteiger partial charge in [-0.3, -0.25) is 9.59 Å². The number of rotatable bonds is 5. The van der Waals surface area contributed by atoms with Crippen molar-refractivity contribution in [1.82, 2.24) is 9.88 Å². The molecule has 5 nitrogen and oxygen atoms in total. The van der Waals surface area contributed by atoms with Crippen LogP contribution >= 0.6 is 11.6 Å². The second-order valence-corrected chi connectivity index (χ2v) is 6.41. The average molecular weight is 377 g/mol. The van der Waals surface area contributed by atoms with Crippen LogP contribution in [0.5, 0.6) is 0 Å². The molecule has 0 radical (unpaired) electrons. The van der Waals surface area contributed by atoms with Gasteiger partial charge in [-0.1, -0.05) is 24.6 Å². The Bertz CT molecular complexity index is 1040. The van der Waals surface area contributed by atoms with Gasteiger partial charge in [-0.15, -0.1) is 0 Å². The van der Waals surface area contributed by atoms with Crippen molar-refractivity contribution < 1.29 is 13.6 Å². The molecule has 0 aliphatic carbocycles. The summed E-state index contributed by atoms with van der Waals surface area (Å²) in [6, 6.07) is 5.65. The van der Waals surface area contributed by atoms with E-state index in [0.717, 1.165) is 6.42 Å². The maximum Gasteiger partial charge on any atom is 0.262 e. The zero-order valence-corrected chi connectivity index (χ0v) is 15.2. The fourth-order valence-corrected chi connectivity index (χ4v) is 3.12. The fourth-order valence-electron chi connectivity index (χ4n) is 2.88. The first-order chi connectivity index (χ1) is 12.4. The van der Waals surface area contributed by atoms with E-state index in [1.165, 1.54) is 18.2 Å². The monoisotopic (exact) mass is 376 g/mol. The molecule has 0 saturated heterocycles. The van der Waals surface area contributed by atoms with E-state index >= 15 is 0 Å². The number of amides is 1. The average Bonchev–Trinajstić information content (AvgIpc) is 2.93. The summed E-state index contributed by atoms with van der Waals surface area (Å²) in [6.07, 6.45) is 2.46. The Balaban J connectivity index is 1.93. The molecule has 7 heteroatoms. The number of carbonyl (C=O) groups is 1. The minimum absolute atomic E-state index is 0.111. The zero-order chi connectivity index (χ0) is 18.8. The van der Waals surface area contributed by atoms with Gasteiger partial charge in [0.1, 0.15) is 17.2 Å². The second kappa shape index (κ2) is 7.33. The number of fused-ring (bicyclic) bond motifs is 1. The number of halogens is 2. The van der Waals surface area contributed by atoms with Gasteiger partial charge in [-0.2, -0.15) is 0 Å².